The Bertz CT molecular complexity index is 806. The molecular formula is C16H16ClIN2O. The minimum absolute atomic E-state index is 0.140. The quantitative estimate of drug-likeness (QED) is 0.436. The lowest BCUT2D eigenvalue weighted by Gasteiger charge is -2.16. The van der Waals surface area contributed by atoms with Gasteiger partial charge < -0.3 is 8.98 Å². The first-order chi connectivity index (χ1) is 10.0. The number of halogens is 2. The molecule has 0 aliphatic heterocycles. The van der Waals surface area contributed by atoms with Gasteiger partial charge >= 0.3 is 0 Å². The number of furan rings is 1. The molecule has 21 heavy (non-hydrogen) atoms. The van der Waals surface area contributed by atoms with Crippen LogP contribution in [0.5, 0.6) is 0 Å². The Morgan fingerprint density at radius 1 is 1.33 bits per heavy atom. The van der Waals surface area contributed by atoms with Crippen LogP contribution in [0.2, 0.25) is 0 Å². The molecule has 2 heterocycles. The van der Waals surface area contributed by atoms with Gasteiger partial charge in [-0.1, -0.05) is 0 Å². The number of benzene rings is 1. The number of fused-ring (bicyclic) bond motifs is 1. The molecule has 0 N–H and O–H groups in total. The first-order valence-electron chi connectivity index (χ1n) is 6.80. The molecule has 0 spiro atoms. The maximum atomic E-state index is 6.11. The van der Waals surface area contributed by atoms with Crippen LogP contribution in [0.25, 0.3) is 11.0 Å². The molecule has 0 saturated carbocycles. The highest BCUT2D eigenvalue weighted by Crippen LogP contribution is 2.30. The maximum absolute atomic E-state index is 6.11. The van der Waals surface area contributed by atoms with E-state index in [9.17, 15) is 0 Å². The molecule has 0 aliphatic carbocycles. The fraction of sp³-hybridized carbons (Fsp3) is 0.312. The molecule has 1 aromatic carbocycles. The van der Waals surface area contributed by atoms with Crippen LogP contribution >= 0.6 is 34.2 Å². The predicted octanol–water partition coefficient (Wildman–Crippen LogP) is 5.20. The first-order valence-corrected chi connectivity index (χ1v) is 8.42. The van der Waals surface area contributed by atoms with Gasteiger partial charge in [-0.2, -0.15) is 0 Å². The number of aromatic nitrogens is 2. The summed E-state index contributed by atoms with van der Waals surface area (Å²) in [6.07, 6.45) is 0. The summed E-state index contributed by atoms with van der Waals surface area (Å²) >= 11 is 8.41. The minimum atomic E-state index is 0.140. The molecule has 110 valence electrons. The second kappa shape index (κ2) is 5.65. The van der Waals surface area contributed by atoms with Crippen LogP contribution in [0.15, 0.2) is 28.7 Å². The van der Waals surface area contributed by atoms with E-state index in [0.717, 1.165) is 28.4 Å². The third kappa shape index (κ3) is 2.59. The highest BCUT2D eigenvalue weighted by Gasteiger charge is 2.20. The molecule has 1 atom stereocenters. The Hall–Kier alpha value is -1.01. The van der Waals surface area contributed by atoms with Crippen LogP contribution in [0.4, 0.5) is 0 Å². The van der Waals surface area contributed by atoms with Crippen LogP contribution in [0.1, 0.15) is 35.9 Å². The summed E-state index contributed by atoms with van der Waals surface area (Å²) in [5, 5.41) is 0. The zero-order chi connectivity index (χ0) is 15.1. The van der Waals surface area contributed by atoms with Crippen LogP contribution in [-0.4, -0.2) is 9.55 Å². The molecule has 0 amide bonds. The summed E-state index contributed by atoms with van der Waals surface area (Å²) in [5.74, 6) is 3.17. The van der Waals surface area contributed by atoms with E-state index in [0.29, 0.717) is 5.88 Å². The third-order valence-corrected chi connectivity index (χ3v) is 4.67. The van der Waals surface area contributed by atoms with E-state index < -0.39 is 0 Å². The number of rotatable bonds is 3. The second-order valence-corrected chi connectivity index (χ2v) is 6.72. The van der Waals surface area contributed by atoms with E-state index >= 15 is 0 Å². The molecule has 0 bridgehead atoms. The molecule has 2 aromatic heterocycles. The first kappa shape index (κ1) is 14.9. The fourth-order valence-corrected chi connectivity index (χ4v) is 3.52. The monoisotopic (exact) mass is 414 g/mol. The van der Waals surface area contributed by atoms with E-state index in [4.69, 9.17) is 16.0 Å². The molecule has 0 aliphatic rings. The summed E-state index contributed by atoms with van der Waals surface area (Å²) in [7, 11) is 0. The Kier molecular flexibility index (Phi) is 4.01. The molecular weight excluding hydrogens is 399 g/mol. The van der Waals surface area contributed by atoms with Crippen molar-refractivity contribution < 1.29 is 4.42 Å². The lowest BCUT2D eigenvalue weighted by Crippen LogP contribution is -2.10. The third-order valence-electron chi connectivity index (χ3n) is 3.76. The summed E-state index contributed by atoms with van der Waals surface area (Å²) in [6, 6.07) is 8.53. The number of hydrogen-bond acceptors (Lipinski definition) is 2. The number of aryl methyl sites for hydroxylation is 2. The summed E-state index contributed by atoms with van der Waals surface area (Å²) in [6.45, 7) is 6.13. The maximum Gasteiger partial charge on any atom is 0.125 e. The Labute approximate surface area is 142 Å². The number of alkyl halides is 1. The van der Waals surface area contributed by atoms with Gasteiger partial charge in [-0.15, -0.1) is 11.6 Å². The van der Waals surface area contributed by atoms with Crippen LogP contribution in [0.3, 0.4) is 0 Å². The summed E-state index contributed by atoms with van der Waals surface area (Å²) in [5.41, 5.74) is 3.27. The average molecular weight is 415 g/mol. The fourth-order valence-electron chi connectivity index (χ4n) is 2.85. The SMILES string of the molecule is Cc1cc(C(C)n2c(CCl)nc3cc(I)ccc32)c(C)o1. The lowest BCUT2D eigenvalue weighted by atomic mass is 10.1. The van der Waals surface area contributed by atoms with Crippen molar-refractivity contribution in [2.24, 2.45) is 0 Å². The van der Waals surface area contributed by atoms with E-state index in [1.165, 1.54) is 9.13 Å². The van der Waals surface area contributed by atoms with E-state index in [-0.39, 0.29) is 6.04 Å². The summed E-state index contributed by atoms with van der Waals surface area (Å²) in [4.78, 5) is 4.67. The second-order valence-electron chi connectivity index (χ2n) is 5.21. The smallest absolute Gasteiger partial charge is 0.125 e. The van der Waals surface area contributed by atoms with Gasteiger partial charge in [0.05, 0.1) is 23.0 Å². The normalized spacial score (nSPS) is 13.0. The highest BCUT2D eigenvalue weighted by atomic mass is 127. The van der Waals surface area contributed by atoms with Gasteiger partial charge in [0, 0.05) is 9.13 Å². The standard InChI is InChI=1S/C16H16ClIN2O/c1-9-6-13(11(3)21-9)10(2)20-15-5-4-12(18)7-14(15)19-16(20)8-17/h4-7,10H,8H2,1-3H3. The van der Waals surface area contributed by atoms with Gasteiger partial charge in [-0.3, -0.25) is 0 Å². The van der Waals surface area contributed by atoms with E-state index in [2.05, 4.69) is 63.3 Å². The van der Waals surface area contributed by atoms with Crippen molar-refractivity contribution in [2.75, 3.05) is 0 Å². The zero-order valence-corrected chi connectivity index (χ0v) is 15.1. The number of imidazole rings is 1. The Balaban J connectivity index is 2.20. The van der Waals surface area contributed by atoms with E-state index in [1.807, 2.05) is 13.8 Å². The van der Waals surface area contributed by atoms with Crippen molar-refractivity contribution in [3.8, 4) is 0 Å². The van der Waals surface area contributed by atoms with Crippen molar-refractivity contribution in [3.63, 3.8) is 0 Å². The molecule has 3 rings (SSSR count). The van der Waals surface area contributed by atoms with E-state index in [1.54, 1.807) is 0 Å². The van der Waals surface area contributed by atoms with Gasteiger partial charge in [0.2, 0.25) is 0 Å². The predicted molar refractivity (Wildman–Crippen MR) is 94.0 cm³/mol. The van der Waals surface area contributed by atoms with Crippen molar-refractivity contribution in [1.29, 1.82) is 0 Å². The van der Waals surface area contributed by atoms with Gasteiger partial charge in [0.1, 0.15) is 17.3 Å². The van der Waals surface area contributed by atoms with Crippen molar-refractivity contribution >= 4 is 45.2 Å². The minimum Gasteiger partial charge on any atom is -0.466 e. The molecule has 0 saturated heterocycles. The molecule has 0 radical (unpaired) electrons. The lowest BCUT2D eigenvalue weighted by molar-refractivity contribution is 0.494. The average Bonchev–Trinajstić information content (AvgIpc) is 2.97. The molecule has 0 fully saturated rings. The van der Waals surface area contributed by atoms with Crippen molar-refractivity contribution in [3.05, 3.63) is 50.7 Å². The Morgan fingerprint density at radius 2 is 2.10 bits per heavy atom. The highest BCUT2D eigenvalue weighted by molar-refractivity contribution is 14.1. The topological polar surface area (TPSA) is 31.0 Å². The molecule has 5 heteroatoms. The van der Waals surface area contributed by atoms with Crippen LogP contribution < -0.4 is 0 Å². The Morgan fingerprint density at radius 3 is 2.71 bits per heavy atom. The molecule has 3 nitrogen and oxygen atoms in total. The van der Waals surface area contributed by atoms with Gasteiger partial charge in [-0.25, -0.2) is 4.98 Å². The van der Waals surface area contributed by atoms with Gasteiger partial charge in [-0.05, 0) is 67.6 Å². The van der Waals surface area contributed by atoms with Crippen LogP contribution in [-0.2, 0) is 5.88 Å². The molecule has 1 unspecified atom stereocenters. The van der Waals surface area contributed by atoms with Crippen molar-refractivity contribution in [2.45, 2.75) is 32.7 Å². The van der Waals surface area contributed by atoms with Crippen LogP contribution in [0, 0.1) is 17.4 Å². The molecule has 3 aromatic rings. The zero-order valence-electron chi connectivity index (χ0n) is 12.2. The van der Waals surface area contributed by atoms with Gasteiger partial charge in [0.25, 0.3) is 0 Å². The largest absolute Gasteiger partial charge is 0.466 e. The number of nitrogens with zero attached hydrogens (tertiary/aromatic N) is 2. The van der Waals surface area contributed by atoms with Gasteiger partial charge in [0.15, 0.2) is 0 Å². The summed E-state index contributed by atoms with van der Waals surface area (Å²) < 4.78 is 9.05. The van der Waals surface area contributed by atoms with Crippen molar-refractivity contribution in [1.82, 2.24) is 9.55 Å². The number of hydrogen-bond donors (Lipinski definition) is 0.